The van der Waals surface area contributed by atoms with Crippen molar-refractivity contribution in [2.75, 3.05) is 13.1 Å². The summed E-state index contributed by atoms with van der Waals surface area (Å²) in [6, 6.07) is 7.01. The Bertz CT molecular complexity index is 857. The van der Waals surface area contributed by atoms with Gasteiger partial charge in [0.05, 0.1) is 10.6 Å². The molecule has 1 aliphatic heterocycles. The number of benzene rings is 1. The molecule has 1 saturated heterocycles. The topological polar surface area (TPSA) is 88.3 Å². The van der Waals surface area contributed by atoms with Crippen molar-refractivity contribution < 1.29 is 10.0 Å². The molecule has 1 fully saturated rings. The highest BCUT2D eigenvalue weighted by molar-refractivity contribution is 5.77. The average molecular weight is 337 g/mol. The van der Waals surface area contributed by atoms with Gasteiger partial charge in [-0.05, 0) is 55.1 Å². The molecular weight excluding hydrogens is 318 g/mol. The summed E-state index contributed by atoms with van der Waals surface area (Å²) < 4.78 is 0. The second-order valence-electron chi connectivity index (χ2n) is 6.64. The lowest BCUT2D eigenvalue weighted by molar-refractivity contribution is -0.385. The van der Waals surface area contributed by atoms with Crippen LogP contribution in [0.1, 0.15) is 41.1 Å². The van der Waals surface area contributed by atoms with E-state index in [0.29, 0.717) is 5.92 Å². The summed E-state index contributed by atoms with van der Waals surface area (Å²) in [4.78, 5) is 15.2. The number of nitrogens with one attached hydrogen (secondary N) is 1. The fraction of sp³-hybridized carbons (Fsp3) is 0.316. The van der Waals surface area contributed by atoms with Crippen molar-refractivity contribution in [3.8, 4) is 5.75 Å². The molecule has 1 aromatic heterocycles. The molecule has 4 rings (SSSR count). The maximum absolute atomic E-state index is 11.1. The maximum atomic E-state index is 11.1. The molecule has 1 aliphatic carbocycles. The molecule has 6 heteroatoms. The number of phenolic OH excluding ortho intramolecular Hbond substituents is 1. The molecule has 1 unspecified atom stereocenters. The first kappa shape index (κ1) is 15.8. The second-order valence-corrected chi connectivity index (χ2v) is 6.64. The predicted octanol–water partition coefficient (Wildman–Crippen LogP) is 3.31. The minimum atomic E-state index is -0.412. The average Bonchev–Trinajstić information content (AvgIpc) is 2.78. The molecule has 1 aromatic carbocycles. The zero-order chi connectivity index (χ0) is 17.4. The number of hydrogen-bond acceptors (Lipinski definition) is 5. The summed E-state index contributed by atoms with van der Waals surface area (Å²) in [5.41, 5.74) is 3.75. The van der Waals surface area contributed by atoms with Crippen molar-refractivity contribution in [3.05, 3.63) is 63.0 Å². The highest BCUT2D eigenvalue weighted by Gasteiger charge is 2.32. The van der Waals surface area contributed by atoms with Crippen LogP contribution in [0.4, 0.5) is 5.69 Å². The van der Waals surface area contributed by atoms with Crippen LogP contribution in [0, 0.1) is 16.0 Å². The van der Waals surface area contributed by atoms with Crippen molar-refractivity contribution in [2.45, 2.75) is 18.8 Å². The summed E-state index contributed by atoms with van der Waals surface area (Å²) in [6.07, 6.45) is 7.20. The van der Waals surface area contributed by atoms with Crippen LogP contribution in [0.15, 0.2) is 30.5 Å². The minimum Gasteiger partial charge on any atom is -0.508 e. The number of phenols is 1. The summed E-state index contributed by atoms with van der Waals surface area (Å²) in [5.74, 6) is 0.706. The number of aromatic nitrogens is 1. The summed E-state index contributed by atoms with van der Waals surface area (Å²) >= 11 is 0. The third-order valence-electron chi connectivity index (χ3n) is 5.14. The van der Waals surface area contributed by atoms with E-state index >= 15 is 0 Å². The molecule has 0 spiro atoms. The van der Waals surface area contributed by atoms with Gasteiger partial charge in [0, 0.05) is 17.5 Å². The van der Waals surface area contributed by atoms with Gasteiger partial charge in [-0.25, -0.2) is 0 Å². The van der Waals surface area contributed by atoms with Gasteiger partial charge in [0.2, 0.25) is 0 Å². The molecule has 2 heterocycles. The Hall–Kier alpha value is -2.73. The third-order valence-corrected chi connectivity index (χ3v) is 5.14. The van der Waals surface area contributed by atoms with Gasteiger partial charge in [-0.3, -0.25) is 15.1 Å². The quantitative estimate of drug-likeness (QED) is 0.648. The highest BCUT2D eigenvalue weighted by Crippen LogP contribution is 2.42. The number of fused-ring (bicyclic) bond motifs is 2. The number of nitrogens with zero attached hydrogens (tertiary/aromatic N) is 2. The fourth-order valence-electron chi connectivity index (χ4n) is 3.95. The van der Waals surface area contributed by atoms with E-state index in [-0.39, 0.29) is 17.4 Å². The van der Waals surface area contributed by atoms with Gasteiger partial charge >= 0.3 is 0 Å². The molecule has 0 bridgehead atoms. The molecule has 2 N–H and O–H groups in total. The van der Waals surface area contributed by atoms with Crippen LogP contribution >= 0.6 is 0 Å². The molecular formula is C19H19N3O3. The van der Waals surface area contributed by atoms with Crippen molar-refractivity contribution in [1.82, 2.24) is 10.3 Å². The Morgan fingerprint density at radius 2 is 1.92 bits per heavy atom. The molecule has 128 valence electrons. The summed E-state index contributed by atoms with van der Waals surface area (Å²) in [7, 11) is 0. The van der Waals surface area contributed by atoms with E-state index in [0.717, 1.165) is 48.3 Å². The van der Waals surface area contributed by atoms with E-state index in [1.165, 1.54) is 6.20 Å². The standard InChI is InChI=1S/C19H19N3O3/c23-16-3-4-17-13(10-16)1-2-14-9-15(22(24)25)11-21-19(14)18(17)12-5-7-20-8-6-12/h1-4,9-12,18,20,23H,5-8H2. The number of piperidine rings is 1. The number of hydrogen-bond donors (Lipinski definition) is 2. The Balaban J connectivity index is 1.89. The summed E-state index contributed by atoms with van der Waals surface area (Å²) in [6.45, 7) is 1.93. The van der Waals surface area contributed by atoms with Gasteiger partial charge in [-0.2, -0.15) is 0 Å². The van der Waals surface area contributed by atoms with Crippen LogP contribution < -0.4 is 5.32 Å². The van der Waals surface area contributed by atoms with E-state index in [9.17, 15) is 15.2 Å². The number of nitro groups is 1. The number of aromatic hydroxyl groups is 1. The molecule has 25 heavy (non-hydrogen) atoms. The third kappa shape index (κ3) is 2.89. The first-order chi connectivity index (χ1) is 12.1. The smallest absolute Gasteiger partial charge is 0.288 e. The van der Waals surface area contributed by atoms with Crippen LogP contribution in [-0.4, -0.2) is 28.1 Å². The van der Waals surface area contributed by atoms with Gasteiger partial charge in [0.25, 0.3) is 5.69 Å². The lowest BCUT2D eigenvalue weighted by Gasteiger charge is -2.31. The maximum Gasteiger partial charge on any atom is 0.288 e. The molecule has 2 aromatic rings. The normalized spacial score (nSPS) is 19.8. The van der Waals surface area contributed by atoms with Gasteiger partial charge < -0.3 is 10.4 Å². The van der Waals surface area contributed by atoms with E-state index in [1.54, 1.807) is 18.2 Å². The van der Waals surface area contributed by atoms with E-state index in [4.69, 9.17) is 0 Å². The summed E-state index contributed by atoms with van der Waals surface area (Å²) in [5, 5.41) is 24.4. The van der Waals surface area contributed by atoms with Crippen LogP contribution in [0.2, 0.25) is 0 Å². The van der Waals surface area contributed by atoms with Crippen LogP contribution in [0.3, 0.4) is 0 Å². The molecule has 0 saturated carbocycles. The van der Waals surface area contributed by atoms with Crippen molar-refractivity contribution in [1.29, 1.82) is 0 Å². The molecule has 2 aliphatic rings. The molecule has 0 radical (unpaired) electrons. The molecule has 1 atom stereocenters. The van der Waals surface area contributed by atoms with Gasteiger partial charge in [-0.15, -0.1) is 0 Å². The van der Waals surface area contributed by atoms with Gasteiger partial charge in [-0.1, -0.05) is 18.2 Å². The monoisotopic (exact) mass is 337 g/mol. The van der Waals surface area contributed by atoms with Crippen LogP contribution in [-0.2, 0) is 0 Å². The first-order valence-electron chi connectivity index (χ1n) is 8.49. The zero-order valence-electron chi connectivity index (χ0n) is 13.7. The van der Waals surface area contributed by atoms with E-state index in [1.807, 2.05) is 18.2 Å². The van der Waals surface area contributed by atoms with E-state index in [2.05, 4.69) is 10.3 Å². The second kappa shape index (κ2) is 6.29. The SMILES string of the molecule is O=[N+]([O-])c1cnc2c(c1)C=Cc1cc(O)ccc1C2C1CCNCC1. The lowest BCUT2D eigenvalue weighted by Crippen LogP contribution is -2.31. The minimum absolute atomic E-state index is 0.00117. The molecule has 6 nitrogen and oxygen atoms in total. The van der Waals surface area contributed by atoms with Crippen LogP contribution in [0.5, 0.6) is 5.75 Å². The van der Waals surface area contributed by atoms with E-state index < -0.39 is 4.92 Å². The zero-order valence-corrected chi connectivity index (χ0v) is 13.7. The Kier molecular flexibility index (Phi) is 3.97. The number of pyridine rings is 1. The molecule has 0 amide bonds. The predicted molar refractivity (Wildman–Crippen MR) is 95.4 cm³/mol. The largest absolute Gasteiger partial charge is 0.508 e. The van der Waals surface area contributed by atoms with Gasteiger partial charge in [0.1, 0.15) is 11.9 Å². The van der Waals surface area contributed by atoms with Crippen molar-refractivity contribution in [3.63, 3.8) is 0 Å². The Morgan fingerprint density at radius 1 is 1.16 bits per heavy atom. The fourth-order valence-corrected chi connectivity index (χ4v) is 3.95. The van der Waals surface area contributed by atoms with Crippen molar-refractivity contribution in [2.24, 2.45) is 5.92 Å². The number of rotatable bonds is 2. The van der Waals surface area contributed by atoms with Crippen LogP contribution in [0.25, 0.3) is 12.2 Å². The Labute approximate surface area is 145 Å². The van der Waals surface area contributed by atoms with Gasteiger partial charge in [0.15, 0.2) is 0 Å². The lowest BCUT2D eigenvalue weighted by atomic mass is 9.76. The first-order valence-corrected chi connectivity index (χ1v) is 8.49. The Morgan fingerprint density at radius 3 is 2.68 bits per heavy atom. The highest BCUT2D eigenvalue weighted by atomic mass is 16.6. The van der Waals surface area contributed by atoms with Crippen molar-refractivity contribution >= 4 is 17.8 Å².